The molecule has 0 saturated heterocycles. The van der Waals surface area contributed by atoms with E-state index in [1.54, 1.807) is 17.7 Å². The van der Waals surface area contributed by atoms with Crippen LogP contribution in [0, 0.1) is 5.92 Å². The van der Waals surface area contributed by atoms with Crippen LogP contribution in [0.2, 0.25) is 0 Å². The Kier molecular flexibility index (Phi) is 7.55. The molecule has 3 aromatic rings. The highest BCUT2D eigenvalue weighted by Crippen LogP contribution is 2.38. The second kappa shape index (κ2) is 10.6. The van der Waals surface area contributed by atoms with Gasteiger partial charge in [-0.2, -0.15) is 0 Å². The van der Waals surface area contributed by atoms with Gasteiger partial charge in [-0.3, -0.25) is 4.98 Å². The summed E-state index contributed by atoms with van der Waals surface area (Å²) >= 11 is 1.66. The van der Waals surface area contributed by atoms with E-state index in [0.717, 1.165) is 49.2 Å². The quantitative estimate of drug-likeness (QED) is 0.424. The van der Waals surface area contributed by atoms with E-state index in [1.807, 2.05) is 39.5 Å². The zero-order valence-corrected chi connectivity index (χ0v) is 21.3. The van der Waals surface area contributed by atoms with Gasteiger partial charge in [0.05, 0.1) is 17.1 Å². The van der Waals surface area contributed by atoms with Gasteiger partial charge in [0, 0.05) is 38.9 Å². The molecule has 1 aliphatic carbocycles. The number of nitrogens with zero attached hydrogens (tertiary/aromatic N) is 5. The van der Waals surface area contributed by atoms with Crippen molar-refractivity contribution in [3.8, 4) is 0 Å². The van der Waals surface area contributed by atoms with Crippen molar-refractivity contribution < 1.29 is 9.53 Å². The number of hydrogen-bond acceptors (Lipinski definition) is 8. The number of rotatable bonds is 9. The number of fused-ring (bicyclic) bond motifs is 1. The summed E-state index contributed by atoms with van der Waals surface area (Å²) < 4.78 is 7.65. The summed E-state index contributed by atoms with van der Waals surface area (Å²) in [6.07, 6.45) is 9.65. The first kappa shape index (κ1) is 24.3. The van der Waals surface area contributed by atoms with Crippen LogP contribution in [0.5, 0.6) is 0 Å². The van der Waals surface area contributed by atoms with Gasteiger partial charge in [0.25, 0.3) is 0 Å². The highest BCUT2D eigenvalue weighted by Gasteiger charge is 2.29. The molecule has 2 atom stereocenters. The number of amides is 1. The van der Waals surface area contributed by atoms with Crippen molar-refractivity contribution in [1.82, 2.24) is 24.8 Å². The molecular formula is C24H35N7O2S. The minimum atomic E-state index is -0.483. The highest BCUT2D eigenvalue weighted by atomic mass is 32.1. The topological polar surface area (TPSA) is 97.2 Å². The predicted octanol–water partition coefficient (Wildman–Crippen LogP) is 4.69. The monoisotopic (exact) mass is 485 g/mol. The molecule has 9 nitrogen and oxygen atoms in total. The zero-order chi connectivity index (χ0) is 24.1. The second-order valence-electron chi connectivity index (χ2n) is 9.83. The first-order valence-corrected chi connectivity index (χ1v) is 12.8. The lowest BCUT2D eigenvalue weighted by atomic mass is 10.1. The molecule has 3 heterocycles. The Morgan fingerprint density at radius 1 is 1.32 bits per heavy atom. The molecule has 4 rings (SSSR count). The van der Waals surface area contributed by atoms with Gasteiger partial charge in [-0.1, -0.05) is 0 Å². The average Bonchev–Trinajstić information content (AvgIpc) is 3.54. The van der Waals surface area contributed by atoms with Crippen LogP contribution in [-0.2, 0) is 4.74 Å². The Morgan fingerprint density at radius 2 is 2.18 bits per heavy atom. The molecule has 10 heteroatoms. The Morgan fingerprint density at radius 3 is 2.91 bits per heavy atom. The fourth-order valence-electron chi connectivity index (χ4n) is 4.67. The summed E-state index contributed by atoms with van der Waals surface area (Å²) in [5.41, 5.74) is 2.39. The fourth-order valence-corrected chi connectivity index (χ4v) is 5.34. The largest absolute Gasteiger partial charge is 0.444 e. The van der Waals surface area contributed by atoms with Crippen molar-refractivity contribution in [2.75, 3.05) is 36.9 Å². The van der Waals surface area contributed by atoms with E-state index >= 15 is 0 Å². The lowest BCUT2D eigenvalue weighted by Crippen LogP contribution is -2.35. The number of carbonyl (C=O) groups excluding carboxylic acids is 1. The summed E-state index contributed by atoms with van der Waals surface area (Å²) in [6.45, 7) is 8.05. The molecule has 2 unspecified atom stereocenters. The number of nitrogens with one attached hydrogen (secondary N) is 2. The van der Waals surface area contributed by atoms with Crippen LogP contribution in [-0.4, -0.2) is 57.9 Å². The lowest BCUT2D eigenvalue weighted by Gasteiger charge is -2.26. The van der Waals surface area contributed by atoms with E-state index in [-0.39, 0.29) is 6.09 Å². The molecule has 0 aliphatic heterocycles. The van der Waals surface area contributed by atoms with Crippen molar-refractivity contribution in [3.63, 3.8) is 0 Å². The summed E-state index contributed by atoms with van der Waals surface area (Å²) in [5.74, 6) is 1.46. The standard InChI is InChI=1S/C24H35N7O2S/c1-24(2,3)33-23(32)27-9-5-10-30(20-13-26-16-34-20)14-17-6-7-18(12-17)31-11-8-19-21(25-4)28-15-29-22(19)31/h8,11,13,15-18H,5-7,9-10,12,14H2,1-4H3,(H,27,32)(H,25,28,29). The number of hydrogen-bond donors (Lipinski definition) is 2. The molecule has 0 aromatic carbocycles. The summed E-state index contributed by atoms with van der Waals surface area (Å²) in [6, 6.07) is 2.55. The number of carbonyl (C=O) groups is 1. The first-order chi connectivity index (χ1) is 16.3. The normalized spacial score (nSPS) is 18.2. The molecule has 1 aliphatic rings. The summed E-state index contributed by atoms with van der Waals surface area (Å²) in [5, 5.41) is 8.27. The van der Waals surface area contributed by atoms with Gasteiger partial charge in [-0.15, -0.1) is 11.3 Å². The second-order valence-corrected chi connectivity index (χ2v) is 10.7. The smallest absolute Gasteiger partial charge is 0.407 e. The SMILES string of the molecule is CNc1ncnc2c1ccn2C1CCC(CN(CCCNC(=O)OC(C)(C)C)c2cncs2)C1. The number of anilines is 2. The van der Waals surface area contributed by atoms with E-state index in [4.69, 9.17) is 4.74 Å². The third-order valence-electron chi connectivity index (χ3n) is 6.14. The maximum atomic E-state index is 11.9. The number of ether oxygens (including phenoxy) is 1. The molecule has 0 spiro atoms. The van der Waals surface area contributed by atoms with Crippen molar-refractivity contribution in [1.29, 1.82) is 0 Å². The van der Waals surface area contributed by atoms with Crippen LogP contribution in [0.1, 0.15) is 52.5 Å². The Labute approximate surface area is 204 Å². The first-order valence-electron chi connectivity index (χ1n) is 11.9. The molecule has 1 amide bonds. The predicted molar refractivity (Wildman–Crippen MR) is 137 cm³/mol. The van der Waals surface area contributed by atoms with Gasteiger partial charge in [0.2, 0.25) is 0 Å². The number of thiazole rings is 1. The molecule has 184 valence electrons. The average molecular weight is 486 g/mol. The Bertz CT molecular complexity index is 1080. The molecule has 1 fully saturated rings. The van der Waals surface area contributed by atoms with Crippen LogP contribution in [0.4, 0.5) is 15.6 Å². The van der Waals surface area contributed by atoms with E-state index in [2.05, 4.69) is 47.3 Å². The molecular weight excluding hydrogens is 450 g/mol. The van der Waals surface area contributed by atoms with Crippen LogP contribution in [0.15, 0.2) is 30.3 Å². The van der Waals surface area contributed by atoms with Gasteiger partial charge >= 0.3 is 6.09 Å². The van der Waals surface area contributed by atoms with Crippen molar-refractivity contribution >= 4 is 39.3 Å². The lowest BCUT2D eigenvalue weighted by molar-refractivity contribution is 0.0527. The van der Waals surface area contributed by atoms with Crippen molar-refractivity contribution in [3.05, 3.63) is 30.3 Å². The van der Waals surface area contributed by atoms with Crippen LogP contribution >= 0.6 is 11.3 Å². The third-order valence-corrected chi connectivity index (χ3v) is 6.97. The summed E-state index contributed by atoms with van der Waals surface area (Å²) in [4.78, 5) is 27.5. The van der Waals surface area contributed by atoms with Gasteiger partial charge < -0.3 is 24.8 Å². The molecule has 0 radical (unpaired) electrons. The fraction of sp³-hybridized carbons (Fsp3) is 0.583. The zero-order valence-electron chi connectivity index (χ0n) is 20.5. The van der Waals surface area contributed by atoms with Gasteiger partial charge in [0.1, 0.15) is 28.4 Å². The minimum absolute atomic E-state index is 0.361. The van der Waals surface area contributed by atoms with Crippen molar-refractivity contribution in [2.24, 2.45) is 5.92 Å². The number of alkyl carbamates (subject to hydrolysis) is 1. The Balaban J connectivity index is 1.34. The molecule has 1 saturated carbocycles. The van der Waals surface area contributed by atoms with E-state index < -0.39 is 5.60 Å². The molecule has 34 heavy (non-hydrogen) atoms. The maximum absolute atomic E-state index is 11.9. The van der Waals surface area contributed by atoms with Crippen LogP contribution in [0.3, 0.4) is 0 Å². The Hall–Kier alpha value is -2.88. The van der Waals surface area contributed by atoms with E-state index in [0.29, 0.717) is 18.5 Å². The number of aromatic nitrogens is 4. The maximum Gasteiger partial charge on any atom is 0.407 e. The third kappa shape index (κ3) is 5.97. The van der Waals surface area contributed by atoms with Gasteiger partial charge in [-0.05, 0) is 58.4 Å². The van der Waals surface area contributed by atoms with Gasteiger partial charge in [-0.25, -0.2) is 14.8 Å². The summed E-state index contributed by atoms with van der Waals surface area (Å²) in [7, 11) is 1.89. The minimum Gasteiger partial charge on any atom is -0.444 e. The van der Waals surface area contributed by atoms with E-state index in [9.17, 15) is 4.79 Å². The van der Waals surface area contributed by atoms with Crippen molar-refractivity contribution in [2.45, 2.75) is 58.1 Å². The van der Waals surface area contributed by atoms with E-state index in [1.165, 1.54) is 11.4 Å². The van der Waals surface area contributed by atoms with Crippen LogP contribution in [0.25, 0.3) is 11.0 Å². The van der Waals surface area contributed by atoms with Gasteiger partial charge in [0.15, 0.2) is 0 Å². The van der Waals surface area contributed by atoms with Crippen LogP contribution < -0.4 is 15.5 Å². The highest BCUT2D eigenvalue weighted by molar-refractivity contribution is 7.13. The molecule has 0 bridgehead atoms. The molecule has 3 aromatic heterocycles. The molecule has 2 N–H and O–H groups in total.